The molecule has 0 aromatic heterocycles. The monoisotopic (exact) mass is 238 g/mol. The number of methoxy groups -OCH3 is 1. The average Bonchev–Trinajstić information content (AvgIpc) is 2.29. The standard InChI is InChI=1S/C11H14N2O4/c1-12-7-4-3-5-8(6-7)13-10(14)9(17-2)11(15)16/h3-6,9,12H,1-2H3,(H,13,14)(H,15,16). The summed E-state index contributed by atoms with van der Waals surface area (Å²) in [7, 11) is 2.92. The normalized spacial score (nSPS) is 11.6. The van der Waals surface area contributed by atoms with Crippen molar-refractivity contribution >= 4 is 23.3 Å². The Labute approximate surface area is 98.6 Å². The van der Waals surface area contributed by atoms with E-state index in [-0.39, 0.29) is 0 Å². The third kappa shape index (κ3) is 3.46. The molecule has 1 atom stereocenters. The number of anilines is 2. The highest BCUT2D eigenvalue weighted by Gasteiger charge is 2.25. The molecule has 6 nitrogen and oxygen atoms in total. The molecule has 0 aliphatic carbocycles. The lowest BCUT2D eigenvalue weighted by Gasteiger charge is -2.11. The number of carbonyl (C=O) groups is 2. The maximum atomic E-state index is 11.5. The number of aliphatic carboxylic acids is 1. The summed E-state index contributed by atoms with van der Waals surface area (Å²) in [6.45, 7) is 0. The summed E-state index contributed by atoms with van der Waals surface area (Å²) in [5.41, 5.74) is 1.32. The van der Waals surface area contributed by atoms with Gasteiger partial charge < -0.3 is 20.5 Å². The third-order valence-corrected chi connectivity index (χ3v) is 2.12. The van der Waals surface area contributed by atoms with Crippen molar-refractivity contribution in [3.8, 4) is 0 Å². The quantitative estimate of drug-likeness (QED) is 0.659. The molecule has 17 heavy (non-hydrogen) atoms. The lowest BCUT2D eigenvalue weighted by molar-refractivity contribution is -0.153. The summed E-state index contributed by atoms with van der Waals surface area (Å²) >= 11 is 0. The predicted molar refractivity (Wildman–Crippen MR) is 63.1 cm³/mol. The van der Waals surface area contributed by atoms with Gasteiger partial charge in [-0.05, 0) is 18.2 Å². The van der Waals surface area contributed by atoms with Crippen molar-refractivity contribution in [1.29, 1.82) is 0 Å². The molecule has 1 rings (SSSR count). The molecule has 1 aromatic rings. The molecule has 0 heterocycles. The number of hydrogen-bond acceptors (Lipinski definition) is 4. The molecule has 1 unspecified atom stereocenters. The van der Waals surface area contributed by atoms with Gasteiger partial charge in [0.25, 0.3) is 5.91 Å². The SMILES string of the molecule is CNc1cccc(NC(=O)C(OC)C(=O)O)c1. The smallest absolute Gasteiger partial charge is 0.342 e. The highest BCUT2D eigenvalue weighted by atomic mass is 16.5. The topological polar surface area (TPSA) is 87.7 Å². The van der Waals surface area contributed by atoms with Crippen molar-refractivity contribution in [2.24, 2.45) is 0 Å². The number of carboxylic acids is 1. The number of benzene rings is 1. The lowest BCUT2D eigenvalue weighted by atomic mass is 10.2. The van der Waals surface area contributed by atoms with Gasteiger partial charge in [-0.3, -0.25) is 4.79 Å². The highest BCUT2D eigenvalue weighted by Crippen LogP contribution is 2.14. The van der Waals surface area contributed by atoms with Gasteiger partial charge in [0.05, 0.1) is 0 Å². The highest BCUT2D eigenvalue weighted by molar-refractivity contribution is 6.06. The van der Waals surface area contributed by atoms with Crippen molar-refractivity contribution in [3.63, 3.8) is 0 Å². The number of hydrogen-bond donors (Lipinski definition) is 3. The summed E-state index contributed by atoms with van der Waals surface area (Å²) in [6, 6.07) is 6.91. The van der Waals surface area contributed by atoms with Crippen LogP contribution >= 0.6 is 0 Å². The van der Waals surface area contributed by atoms with E-state index >= 15 is 0 Å². The van der Waals surface area contributed by atoms with Crippen molar-refractivity contribution in [2.45, 2.75) is 6.10 Å². The number of amides is 1. The summed E-state index contributed by atoms with van der Waals surface area (Å²) < 4.78 is 4.58. The van der Waals surface area contributed by atoms with E-state index < -0.39 is 18.0 Å². The summed E-state index contributed by atoms with van der Waals surface area (Å²) in [6.07, 6.45) is -1.51. The van der Waals surface area contributed by atoms with Crippen molar-refractivity contribution < 1.29 is 19.4 Å². The zero-order valence-electron chi connectivity index (χ0n) is 9.56. The Morgan fingerprint density at radius 2 is 2.00 bits per heavy atom. The van der Waals surface area contributed by atoms with E-state index in [0.29, 0.717) is 5.69 Å². The molecule has 0 fully saturated rings. The Bertz CT molecular complexity index is 420. The average molecular weight is 238 g/mol. The molecule has 0 aliphatic heterocycles. The van der Waals surface area contributed by atoms with E-state index in [2.05, 4.69) is 15.4 Å². The Balaban J connectivity index is 2.76. The van der Waals surface area contributed by atoms with Gasteiger partial charge >= 0.3 is 5.97 Å². The molecule has 0 saturated carbocycles. The predicted octanol–water partition coefficient (Wildman–Crippen LogP) is 0.766. The summed E-state index contributed by atoms with van der Waals surface area (Å²) in [4.78, 5) is 22.2. The number of nitrogens with one attached hydrogen (secondary N) is 2. The molecular weight excluding hydrogens is 224 g/mol. The fourth-order valence-electron chi connectivity index (χ4n) is 1.28. The first-order valence-corrected chi connectivity index (χ1v) is 4.92. The minimum absolute atomic E-state index is 0.505. The van der Waals surface area contributed by atoms with Crippen LogP contribution in [0.3, 0.4) is 0 Å². The van der Waals surface area contributed by atoms with Crippen LogP contribution in [0.2, 0.25) is 0 Å². The molecule has 0 aliphatic rings. The van der Waals surface area contributed by atoms with Gasteiger partial charge in [0.1, 0.15) is 0 Å². The van der Waals surface area contributed by atoms with E-state index in [0.717, 1.165) is 5.69 Å². The van der Waals surface area contributed by atoms with Gasteiger partial charge in [0.2, 0.25) is 6.10 Å². The maximum absolute atomic E-state index is 11.5. The molecule has 0 spiro atoms. The minimum atomic E-state index is -1.51. The Morgan fingerprint density at radius 1 is 1.35 bits per heavy atom. The maximum Gasteiger partial charge on any atom is 0.342 e. The van der Waals surface area contributed by atoms with Crippen LogP contribution in [0.5, 0.6) is 0 Å². The zero-order valence-corrected chi connectivity index (χ0v) is 9.56. The Hall–Kier alpha value is -2.08. The van der Waals surface area contributed by atoms with E-state index in [9.17, 15) is 9.59 Å². The summed E-state index contributed by atoms with van der Waals surface area (Å²) in [5.74, 6) is -2.04. The molecule has 92 valence electrons. The van der Waals surface area contributed by atoms with Crippen LogP contribution in [-0.2, 0) is 14.3 Å². The first kappa shape index (κ1) is 13.0. The molecule has 3 N–H and O–H groups in total. The molecule has 0 bridgehead atoms. The summed E-state index contributed by atoms with van der Waals surface area (Å²) in [5, 5.41) is 14.1. The zero-order chi connectivity index (χ0) is 12.8. The number of ether oxygens (including phenoxy) is 1. The van der Waals surface area contributed by atoms with Crippen molar-refractivity contribution in [3.05, 3.63) is 24.3 Å². The van der Waals surface area contributed by atoms with Gasteiger partial charge in [0.15, 0.2) is 0 Å². The molecule has 0 radical (unpaired) electrons. The van der Waals surface area contributed by atoms with Crippen molar-refractivity contribution in [1.82, 2.24) is 0 Å². The van der Waals surface area contributed by atoms with E-state index in [1.54, 1.807) is 25.2 Å². The first-order valence-electron chi connectivity index (χ1n) is 4.92. The fraction of sp³-hybridized carbons (Fsp3) is 0.273. The number of rotatable bonds is 5. The van der Waals surface area contributed by atoms with Crippen LogP contribution in [0.15, 0.2) is 24.3 Å². The van der Waals surface area contributed by atoms with Crippen LogP contribution < -0.4 is 10.6 Å². The van der Waals surface area contributed by atoms with Gasteiger partial charge in [-0.2, -0.15) is 0 Å². The second kappa shape index (κ2) is 5.86. The van der Waals surface area contributed by atoms with Crippen molar-refractivity contribution in [2.75, 3.05) is 24.8 Å². The van der Waals surface area contributed by atoms with E-state index in [1.807, 2.05) is 6.07 Å². The van der Waals surface area contributed by atoms with Gasteiger partial charge in [0, 0.05) is 25.5 Å². The van der Waals surface area contributed by atoms with Gasteiger partial charge in [-0.25, -0.2) is 4.79 Å². The lowest BCUT2D eigenvalue weighted by Crippen LogP contribution is -2.36. The van der Waals surface area contributed by atoms with Crippen LogP contribution in [0.25, 0.3) is 0 Å². The molecule has 0 saturated heterocycles. The molecule has 1 aromatic carbocycles. The van der Waals surface area contributed by atoms with Crippen LogP contribution in [-0.4, -0.2) is 37.2 Å². The molecule has 6 heteroatoms. The van der Waals surface area contributed by atoms with E-state index in [4.69, 9.17) is 5.11 Å². The Kier molecular flexibility index (Phi) is 4.47. The van der Waals surface area contributed by atoms with E-state index in [1.165, 1.54) is 7.11 Å². The van der Waals surface area contributed by atoms with Gasteiger partial charge in [-0.1, -0.05) is 6.07 Å². The second-order valence-corrected chi connectivity index (χ2v) is 3.27. The van der Waals surface area contributed by atoms with Crippen LogP contribution in [0.4, 0.5) is 11.4 Å². The van der Waals surface area contributed by atoms with Crippen LogP contribution in [0.1, 0.15) is 0 Å². The Morgan fingerprint density at radius 3 is 2.53 bits per heavy atom. The van der Waals surface area contributed by atoms with Crippen LogP contribution in [0, 0.1) is 0 Å². The van der Waals surface area contributed by atoms with Gasteiger partial charge in [-0.15, -0.1) is 0 Å². The largest absolute Gasteiger partial charge is 0.479 e. The molecule has 1 amide bonds. The number of carbonyl (C=O) groups excluding carboxylic acids is 1. The molecular formula is C11H14N2O4. The first-order chi connectivity index (χ1) is 8.08. The minimum Gasteiger partial charge on any atom is -0.479 e. The fourth-order valence-corrected chi connectivity index (χ4v) is 1.28. The number of carboxylic acid groups (broad SMARTS) is 1. The second-order valence-electron chi connectivity index (χ2n) is 3.27. The third-order valence-electron chi connectivity index (χ3n) is 2.12.